The fraction of sp³-hybridized carbons (Fsp3) is 0.783. The highest BCUT2D eigenvalue weighted by molar-refractivity contribution is 5.96. The number of amides is 2. The van der Waals surface area contributed by atoms with Crippen LogP contribution in [-0.4, -0.2) is 60.1 Å². The lowest BCUT2D eigenvalue weighted by Gasteiger charge is -2.33. The molecule has 0 spiro atoms. The number of likely N-dealkylation sites (tertiary alicyclic amines) is 1. The molecule has 0 unspecified atom stereocenters. The average Bonchev–Trinajstić information content (AvgIpc) is 3.02. The van der Waals surface area contributed by atoms with E-state index < -0.39 is 17.9 Å². The second kappa shape index (κ2) is 12.1. The number of aliphatic hydroxyl groups excluding tert-OH is 1. The van der Waals surface area contributed by atoms with Crippen LogP contribution in [0.1, 0.15) is 59.3 Å². The second-order valence-electron chi connectivity index (χ2n) is 8.24. The minimum Gasteiger partial charge on any atom is -0.466 e. The maximum atomic E-state index is 13.4. The van der Waals surface area contributed by atoms with Gasteiger partial charge in [-0.1, -0.05) is 38.8 Å². The van der Waals surface area contributed by atoms with E-state index in [9.17, 15) is 14.4 Å². The molecule has 2 aliphatic rings. The van der Waals surface area contributed by atoms with Gasteiger partial charge in [0.25, 0.3) is 0 Å². The summed E-state index contributed by atoms with van der Waals surface area (Å²) in [6, 6.07) is -0.617. The van der Waals surface area contributed by atoms with Crippen LogP contribution in [0, 0.1) is 23.7 Å². The van der Waals surface area contributed by atoms with E-state index in [-0.39, 0.29) is 42.8 Å². The van der Waals surface area contributed by atoms with Crippen molar-refractivity contribution >= 4 is 17.8 Å². The standard InChI is InChI=1S/C23H38N2O5/c1-4-7-8-13-24-21(27)20-17-12-11-16(5-2)18(23(29)30-6-3)19(17)22(28)25(20)14-9-10-15-26/h11-12,16-20,26H,4-10,13-15H2,1-3H3,(H,24,27)/t16-,17+,18-,19+,20+/m1/s1. The lowest BCUT2D eigenvalue weighted by Crippen LogP contribution is -2.47. The topological polar surface area (TPSA) is 95.9 Å². The Balaban J connectivity index is 2.29. The summed E-state index contributed by atoms with van der Waals surface area (Å²) in [6.45, 7) is 7.17. The Bertz CT molecular complexity index is 621. The molecule has 0 aromatic rings. The Hall–Kier alpha value is -1.89. The molecule has 0 aromatic heterocycles. The van der Waals surface area contributed by atoms with Crippen molar-refractivity contribution in [2.75, 3.05) is 26.3 Å². The van der Waals surface area contributed by atoms with Crippen LogP contribution in [0.3, 0.4) is 0 Å². The van der Waals surface area contributed by atoms with Crippen LogP contribution in [0.5, 0.6) is 0 Å². The minimum atomic E-state index is -0.617. The van der Waals surface area contributed by atoms with Crippen LogP contribution < -0.4 is 5.32 Å². The molecule has 1 heterocycles. The maximum Gasteiger partial charge on any atom is 0.310 e. The predicted octanol–water partition coefficient (Wildman–Crippen LogP) is 2.28. The fourth-order valence-electron chi connectivity index (χ4n) is 4.77. The highest BCUT2D eigenvalue weighted by Crippen LogP contribution is 2.45. The van der Waals surface area contributed by atoms with Crippen molar-refractivity contribution < 1.29 is 24.2 Å². The first-order chi connectivity index (χ1) is 14.5. The highest BCUT2D eigenvalue weighted by atomic mass is 16.5. The van der Waals surface area contributed by atoms with E-state index in [0.29, 0.717) is 25.9 Å². The van der Waals surface area contributed by atoms with Crippen LogP contribution in [0.25, 0.3) is 0 Å². The van der Waals surface area contributed by atoms with Crippen molar-refractivity contribution in [1.82, 2.24) is 10.2 Å². The Morgan fingerprint density at radius 3 is 2.53 bits per heavy atom. The second-order valence-corrected chi connectivity index (χ2v) is 8.24. The molecule has 1 aliphatic heterocycles. The zero-order valence-electron chi connectivity index (χ0n) is 18.6. The van der Waals surface area contributed by atoms with Gasteiger partial charge in [-0.2, -0.15) is 0 Å². The van der Waals surface area contributed by atoms with Gasteiger partial charge in [-0.3, -0.25) is 14.4 Å². The van der Waals surface area contributed by atoms with Crippen LogP contribution >= 0.6 is 0 Å². The molecule has 7 heteroatoms. The summed E-state index contributed by atoms with van der Waals surface area (Å²) >= 11 is 0. The molecule has 30 heavy (non-hydrogen) atoms. The number of hydrogen-bond donors (Lipinski definition) is 2. The van der Waals surface area contributed by atoms with Crippen molar-refractivity contribution in [1.29, 1.82) is 0 Å². The summed E-state index contributed by atoms with van der Waals surface area (Å²) in [4.78, 5) is 41.0. The van der Waals surface area contributed by atoms with E-state index in [1.807, 2.05) is 19.1 Å². The number of allylic oxidation sites excluding steroid dienone is 1. The Morgan fingerprint density at radius 2 is 1.90 bits per heavy atom. The normalized spacial score (nSPS) is 27.8. The van der Waals surface area contributed by atoms with Crippen LogP contribution in [0.15, 0.2) is 12.2 Å². The lowest BCUT2D eigenvalue weighted by molar-refractivity contribution is -0.155. The first-order valence-corrected chi connectivity index (χ1v) is 11.6. The van der Waals surface area contributed by atoms with Gasteiger partial charge >= 0.3 is 5.97 Å². The monoisotopic (exact) mass is 422 g/mol. The van der Waals surface area contributed by atoms with E-state index in [1.165, 1.54) is 0 Å². The van der Waals surface area contributed by atoms with Gasteiger partial charge in [0.05, 0.1) is 18.4 Å². The van der Waals surface area contributed by atoms with Gasteiger partial charge in [0.1, 0.15) is 6.04 Å². The largest absolute Gasteiger partial charge is 0.466 e. The molecule has 170 valence electrons. The summed E-state index contributed by atoms with van der Waals surface area (Å²) in [7, 11) is 0. The molecule has 2 rings (SSSR count). The van der Waals surface area contributed by atoms with Crippen LogP contribution in [-0.2, 0) is 19.1 Å². The molecule has 1 fully saturated rings. The summed E-state index contributed by atoms with van der Waals surface area (Å²) in [6.07, 6.45) is 8.89. The Labute approximate surface area is 180 Å². The van der Waals surface area contributed by atoms with Crippen molar-refractivity contribution in [2.45, 2.75) is 65.3 Å². The van der Waals surface area contributed by atoms with Crippen molar-refractivity contribution in [3.63, 3.8) is 0 Å². The van der Waals surface area contributed by atoms with Crippen LogP contribution in [0.2, 0.25) is 0 Å². The third kappa shape index (κ3) is 5.42. The minimum absolute atomic E-state index is 0.0476. The SMILES string of the molecule is CCCCCNC(=O)[C@@H]1[C@H]2C=C[C@@H](CC)[C@@H](C(=O)OCC)[C@H]2C(=O)N1CCCCO. The average molecular weight is 423 g/mol. The maximum absolute atomic E-state index is 13.4. The molecular formula is C23H38N2O5. The molecule has 0 aromatic carbocycles. The van der Waals surface area contributed by atoms with E-state index in [0.717, 1.165) is 25.7 Å². The van der Waals surface area contributed by atoms with Crippen molar-refractivity contribution in [3.05, 3.63) is 12.2 Å². The number of carbonyl (C=O) groups is 3. The molecule has 1 saturated heterocycles. The van der Waals surface area contributed by atoms with E-state index in [1.54, 1.807) is 11.8 Å². The molecule has 1 aliphatic carbocycles. The third-order valence-electron chi connectivity index (χ3n) is 6.30. The first kappa shape index (κ1) is 24.4. The summed E-state index contributed by atoms with van der Waals surface area (Å²) in [5.41, 5.74) is 0. The van der Waals surface area contributed by atoms with Crippen LogP contribution in [0.4, 0.5) is 0 Å². The third-order valence-corrected chi connectivity index (χ3v) is 6.30. The molecule has 5 atom stereocenters. The summed E-state index contributed by atoms with van der Waals surface area (Å²) in [5.74, 6) is -2.19. The molecule has 0 saturated carbocycles. The smallest absolute Gasteiger partial charge is 0.310 e. The summed E-state index contributed by atoms with van der Waals surface area (Å²) < 4.78 is 5.31. The quantitative estimate of drug-likeness (QED) is 0.286. The van der Waals surface area contributed by atoms with E-state index in [2.05, 4.69) is 12.2 Å². The van der Waals surface area contributed by atoms with E-state index >= 15 is 0 Å². The molecular weight excluding hydrogens is 384 g/mol. The summed E-state index contributed by atoms with van der Waals surface area (Å²) in [5, 5.41) is 12.1. The number of unbranched alkanes of at least 4 members (excludes halogenated alkanes) is 3. The van der Waals surface area contributed by atoms with Gasteiger partial charge in [0, 0.05) is 25.6 Å². The number of esters is 1. The van der Waals surface area contributed by atoms with Gasteiger partial charge in [-0.25, -0.2) is 0 Å². The highest BCUT2D eigenvalue weighted by Gasteiger charge is 2.57. The van der Waals surface area contributed by atoms with Gasteiger partial charge in [-0.05, 0) is 38.5 Å². The van der Waals surface area contributed by atoms with E-state index in [4.69, 9.17) is 9.84 Å². The molecule has 0 bridgehead atoms. The Morgan fingerprint density at radius 1 is 1.13 bits per heavy atom. The van der Waals surface area contributed by atoms with Gasteiger partial charge < -0.3 is 20.1 Å². The number of carbonyl (C=O) groups excluding carboxylic acids is 3. The van der Waals surface area contributed by atoms with Gasteiger partial charge in [-0.15, -0.1) is 0 Å². The van der Waals surface area contributed by atoms with Crippen molar-refractivity contribution in [2.24, 2.45) is 23.7 Å². The zero-order valence-corrected chi connectivity index (χ0v) is 18.6. The molecule has 0 radical (unpaired) electrons. The fourth-order valence-corrected chi connectivity index (χ4v) is 4.77. The number of nitrogens with zero attached hydrogens (tertiary/aromatic N) is 1. The number of rotatable bonds is 12. The number of hydrogen-bond acceptors (Lipinski definition) is 5. The lowest BCUT2D eigenvalue weighted by atomic mass is 9.69. The number of aliphatic hydroxyl groups is 1. The Kier molecular flexibility index (Phi) is 9.82. The zero-order chi connectivity index (χ0) is 22.1. The van der Waals surface area contributed by atoms with Gasteiger partial charge in [0.15, 0.2) is 0 Å². The molecule has 7 nitrogen and oxygen atoms in total. The molecule has 2 N–H and O–H groups in total. The number of ether oxygens (including phenoxy) is 1. The van der Waals surface area contributed by atoms with Crippen molar-refractivity contribution in [3.8, 4) is 0 Å². The van der Waals surface area contributed by atoms with Gasteiger partial charge in [0.2, 0.25) is 11.8 Å². The predicted molar refractivity (Wildman–Crippen MR) is 114 cm³/mol. The molecule has 2 amide bonds. The number of fused-ring (bicyclic) bond motifs is 1. The number of nitrogens with one attached hydrogen (secondary N) is 1. The first-order valence-electron chi connectivity index (χ1n) is 11.6.